The van der Waals surface area contributed by atoms with Crippen LogP contribution in [0.4, 0.5) is 0 Å². The first-order valence-corrected chi connectivity index (χ1v) is 7.91. The van der Waals surface area contributed by atoms with E-state index in [1.807, 2.05) is 32.9 Å². The quantitative estimate of drug-likeness (QED) is 0.827. The maximum atomic E-state index is 12.2. The van der Waals surface area contributed by atoms with Gasteiger partial charge in [-0.2, -0.15) is 0 Å². The molecule has 2 amide bonds. The fourth-order valence-electron chi connectivity index (χ4n) is 2.21. The zero-order valence-electron chi connectivity index (χ0n) is 15.4. The Balaban J connectivity index is 2.57. The van der Waals surface area contributed by atoms with E-state index in [9.17, 15) is 9.59 Å². The van der Waals surface area contributed by atoms with Crippen molar-refractivity contribution in [3.8, 4) is 11.5 Å². The number of rotatable bonds is 7. The van der Waals surface area contributed by atoms with E-state index < -0.39 is 0 Å². The molecule has 0 saturated heterocycles. The Morgan fingerprint density at radius 2 is 1.62 bits per heavy atom. The second-order valence-corrected chi connectivity index (χ2v) is 6.77. The lowest BCUT2D eigenvalue weighted by Crippen LogP contribution is -2.46. The molecule has 0 heterocycles. The Morgan fingerprint density at radius 3 is 2.08 bits per heavy atom. The molecular formula is C18H28N2O4. The molecule has 6 heteroatoms. The van der Waals surface area contributed by atoms with Crippen molar-refractivity contribution < 1.29 is 19.1 Å². The van der Waals surface area contributed by atoms with Gasteiger partial charge in [-0.1, -0.05) is 0 Å². The molecule has 0 fully saturated rings. The van der Waals surface area contributed by atoms with Crippen molar-refractivity contribution in [3.05, 3.63) is 23.8 Å². The number of nitrogens with zero attached hydrogens (tertiary/aromatic N) is 1. The van der Waals surface area contributed by atoms with Gasteiger partial charge in [-0.05, 0) is 44.9 Å². The molecule has 0 aliphatic heterocycles. The highest BCUT2D eigenvalue weighted by Crippen LogP contribution is 2.23. The molecule has 24 heavy (non-hydrogen) atoms. The third kappa shape index (κ3) is 6.89. The molecule has 1 aromatic rings. The van der Waals surface area contributed by atoms with Gasteiger partial charge in [0.2, 0.25) is 11.8 Å². The van der Waals surface area contributed by atoms with Crippen LogP contribution in [-0.4, -0.2) is 50.1 Å². The Labute approximate surface area is 144 Å². The number of methoxy groups -OCH3 is 2. The van der Waals surface area contributed by atoms with E-state index in [-0.39, 0.29) is 23.9 Å². The van der Waals surface area contributed by atoms with E-state index in [0.717, 1.165) is 5.56 Å². The number of carbonyl (C=O) groups excluding carboxylic acids is 2. The molecule has 1 rings (SSSR count). The number of likely N-dealkylation sites (N-methyl/N-ethyl adjacent to an activating group) is 1. The molecule has 1 N–H and O–H groups in total. The van der Waals surface area contributed by atoms with Crippen LogP contribution in [0.2, 0.25) is 0 Å². The number of ether oxygens (including phenoxy) is 2. The summed E-state index contributed by atoms with van der Waals surface area (Å²) < 4.78 is 10.4. The van der Waals surface area contributed by atoms with Crippen molar-refractivity contribution in [2.24, 2.45) is 0 Å². The topological polar surface area (TPSA) is 67.9 Å². The Bertz CT molecular complexity index is 557. The van der Waals surface area contributed by atoms with Gasteiger partial charge in [0, 0.05) is 25.1 Å². The fourth-order valence-corrected chi connectivity index (χ4v) is 2.21. The third-order valence-corrected chi connectivity index (χ3v) is 3.36. The summed E-state index contributed by atoms with van der Waals surface area (Å²) in [5, 5.41) is 2.84. The average molecular weight is 336 g/mol. The van der Waals surface area contributed by atoms with Crippen LogP contribution in [0, 0.1) is 0 Å². The highest BCUT2D eigenvalue weighted by molar-refractivity contribution is 5.85. The normalized spacial score (nSPS) is 10.9. The van der Waals surface area contributed by atoms with Crippen LogP contribution in [0.1, 0.15) is 32.8 Å². The maximum absolute atomic E-state index is 12.2. The number of carbonyl (C=O) groups is 2. The second kappa shape index (κ2) is 8.57. The number of nitrogens with one attached hydrogen (secondary N) is 1. The summed E-state index contributed by atoms with van der Waals surface area (Å²) in [7, 11) is 4.81. The van der Waals surface area contributed by atoms with Gasteiger partial charge in [-0.3, -0.25) is 9.59 Å². The largest absolute Gasteiger partial charge is 0.497 e. The van der Waals surface area contributed by atoms with Gasteiger partial charge in [0.05, 0.1) is 20.8 Å². The first kappa shape index (κ1) is 19.8. The number of aryl methyl sites for hydroxylation is 1. The van der Waals surface area contributed by atoms with E-state index in [0.29, 0.717) is 24.3 Å². The summed E-state index contributed by atoms with van der Waals surface area (Å²) in [5.74, 6) is 1.13. The number of amides is 2. The van der Waals surface area contributed by atoms with Crippen LogP contribution in [-0.2, 0) is 16.0 Å². The summed E-state index contributed by atoms with van der Waals surface area (Å²) in [5.41, 5.74) is 0.644. The van der Waals surface area contributed by atoms with Crippen molar-refractivity contribution in [1.82, 2.24) is 10.2 Å². The molecule has 0 aromatic heterocycles. The molecule has 0 aliphatic carbocycles. The molecule has 134 valence electrons. The molecule has 0 spiro atoms. The first-order valence-electron chi connectivity index (χ1n) is 7.91. The lowest BCUT2D eigenvalue weighted by atomic mass is 10.1. The minimum atomic E-state index is -0.307. The summed E-state index contributed by atoms with van der Waals surface area (Å²) in [6.45, 7) is 5.77. The predicted octanol–water partition coefficient (Wildman–Crippen LogP) is 2.01. The maximum Gasteiger partial charge on any atom is 0.240 e. The van der Waals surface area contributed by atoms with Gasteiger partial charge < -0.3 is 19.7 Å². The Morgan fingerprint density at radius 1 is 1.08 bits per heavy atom. The van der Waals surface area contributed by atoms with E-state index in [2.05, 4.69) is 5.32 Å². The van der Waals surface area contributed by atoms with Gasteiger partial charge in [-0.15, -0.1) is 0 Å². The van der Waals surface area contributed by atoms with Crippen LogP contribution >= 0.6 is 0 Å². The molecule has 0 bridgehead atoms. The molecule has 0 saturated carbocycles. The van der Waals surface area contributed by atoms with Crippen LogP contribution in [0.25, 0.3) is 0 Å². The minimum Gasteiger partial charge on any atom is -0.497 e. The van der Waals surface area contributed by atoms with Crippen molar-refractivity contribution in [3.63, 3.8) is 0 Å². The zero-order chi connectivity index (χ0) is 18.3. The molecular weight excluding hydrogens is 308 g/mol. The minimum absolute atomic E-state index is 0.0531. The molecule has 6 nitrogen and oxygen atoms in total. The highest BCUT2D eigenvalue weighted by Gasteiger charge is 2.17. The van der Waals surface area contributed by atoms with Gasteiger partial charge in [0.25, 0.3) is 0 Å². The smallest absolute Gasteiger partial charge is 0.240 e. The standard InChI is InChI=1S/C18H28N2O4/c1-18(2,3)19-16(21)12-20(4)17(22)8-7-13-9-14(23-5)11-15(10-13)24-6/h9-11H,7-8,12H2,1-6H3,(H,19,21). The molecule has 0 radical (unpaired) electrons. The van der Waals surface area contributed by atoms with Gasteiger partial charge >= 0.3 is 0 Å². The molecule has 1 aromatic carbocycles. The first-order chi connectivity index (χ1) is 11.1. The Kier molecular flexibility index (Phi) is 7.07. The van der Waals surface area contributed by atoms with Crippen molar-refractivity contribution >= 4 is 11.8 Å². The molecule has 0 atom stereocenters. The monoisotopic (exact) mass is 336 g/mol. The van der Waals surface area contributed by atoms with E-state index in [1.54, 1.807) is 27.3 Å². The lowest BCUT2D eigenvalue weighted by Gasteiger charge is -2.23. The summed E-state index contributed by atoms with van der Waals surface area (Å²) >= 11 is 0. The van der Waals surface area contributed by atoms with Crippen LogP contribution < -0.4 is 14.8 Å². The number of benzene rings is 1. The Hall–Kier alpha value is -2.24. The third-order valence-electron chi connectivity index (χ3n) is 3.36. The van der Waals surface area contributed by atoms with Gasteiger partial charge in [0.1, 0.15) is 11.5 Å². The highest BCUT2D eigenvalue weighted by atomic mass is 16.5. The van der Waals surface area contributed by atoms with E-state index in [1.165, 1.54) is 4.90 Å². The SMILES string of the molecule is COc1cc(CCC(=O)N(C)CC(=O)NC(C)(C)C)cc(OC)c1. The van der Waals surface area contributed by atoms with Crippen LogP contribution in [0.15, 0.2) is 18.2 Å². The van der Waals surface area contributed by atoms with Crippen molar-refractivity contribution in [2.45, 2.75) is 39.2 Å². The van der Waals surface area contributed by atoms with Gasteiger partial charge in [-0.25, -0.2) is 0 Å². The zero-order valence-corrected chi connectivity index (χ0v) is 15.4. The fraction of sp³-hybridized carbons (Fsp3) is 0.556. The average Bonchev–Trinajstić information content (AvgIpc) is 2.50. The number of hydrogen-bond donors (Lipinski definition) is 1. The summed E-state index contributed by atoms with van der Waals surface area (Å²) in [4.78, 5) is 25.5. The lowest BCUT2D eigenvalue weighted by molar-refractivity contribution is -0.135. The van der Waals surface area contributed by atoms with Gasteiger partial charge in [0.15, 0.2) is 0 Å². The molecule has 0 unspecified atom stereocenters. The summed E-state index contributed by atoms with van der Waals surface area (Å²) in [6.07, 6.45) is 0.868. The van der Waals surface area contributed by atoms with Crippen LogP contribution in [0.3, 0.4) is 0 Å². The number of hydrogen-bond acceptors (Lipinski definition) is 4. The predicted molar refractivity (Wildman–Crippen MR) is 93.4 cm³/mol. The van der Waals surface area contributed by atoms with Crippen molar-refractivity contribution in [2.75, 3.05) is 27.8 Å². The summed E-state index contributed by atoms with van der Waals surface area (Å²) in [6, 6.07) is 5.54. The van der Waals surface area contributed by atoms with E-state index >= 15 is 0 Å². The van der Waals surface area contributed by atoms with Crippen LogP contribution in [0.5, 0.6) is 11.5 Å². The van der Waals surface area contributed by atoms with E-state index in [4.69, 9.17) is 9.47 Å². The second-order valence-electron chi connectivity index (χ2n) is 6.77. The van der Waals surface area contributed by atoms with Crippen molar-refractivity contribution in [1.29, 1.82) is 0 Å². The molecule has 0 aliphatic rings.